The molecule has 0 N–H and O–H groups in total. The van der Waals surface area contributed by atoms with Gasteiger partial charge in [-0.05, 0) is 75.2 Å². The zero-order valence-corrected chi connectivity index (χ0v) is 22.0. The number of hydrogen-bond donors (Lipinski definition) is 0. The highest BCUT2D eigenvalue weighted by atomic mass is 35.5. The zero-order valence-electron chi connectivity index (χ0n) is 19.7. The molecule has 0 saturated carbocycles. The summed E-state index contributed by atoms with van der Waals surface area (Å²) in [4.78, 5) is 27.2. The quantitative estimate of drug-likeness (QED) is 0.302. The largest absolute Gasteiger partial charge is 0.494 e. The summed E-state index contributed by atoms with van der Waals surface area (Å²) < 4.78 is 16.7. The number of carbonyl (C=O) groups excluding carboxylic acids is 2. The average molecular weight is 543 g/mol. The number of esters is 1. The summed E-state index contributed by atoms with van der Waals surface area (Å²) >= 11 is 17.8. The van der Waals surface area contributed by atoms with Crippen LogP contribution < -0.4 is 9.47 Å². The van der Waals surface area contributed by atoms with E-state index in [2.05, 4.69) is 4.90 Å². The molecule has 2 aromatic rings. The third-order valence-electron chi connectivity index (χ3n) is 5.93. The minimum atomic E-state index is -0.378. The molecule has 0 amide bonds. The van der Waals surface area contributed by atoms with Crippen molar-refractivity contribution in [2.24, 2.45) is 5.92 Å². The SMILES string of the molecule is CCOC(=O)C(CCOc1ccc(Cl)cc1)N1CCC(CC(=O)COc2ccc(Cl)c(Cl)c2)CC1. The van der Waals surface area contributed by atoms with E-state index < -0.39 is 0 Å². The van der Waals surface area contributed by atoms with Crippen LogP contribution in [0.1, 0.15) is 32.6 Å². The van der Waals surface area contributed by atoms with E-state index in [1.165, 1.54) is 0 Å². The van der Waals surface area contributed by atoms with Gasteiger partial charge >= 0.3 is 5.97 Å². The van der Waals surface area contributed by atoms with Gasteiger partial charge in [-0.25, -0.2) is 0 Å². The van der Waals surface area contributed by atoms with E-state index in [1.54, 1.807) is 49.4 Å². The van der Waals surface area contributed by atoms with Crippen molar-refractivity contribution in [2.45, 2.75) is 38.6 Å². The molecule has 9 heteroatoms. The Kier molecular flexibility index (Phi) is 11.0. The number of hydrogen-bond acceptors (Lipinski definition) is 6. The minimum Gasteiger partial charge on any atom is -0.494 e. The van der Waals surface area contributed by atoms with Crippen LogP contribution in [0.5, 0.6) is 11.5 Å². The van der Waals surface area contributed by atoms with Crippen LogP contribution in [-0.2, 0) is 14.3 Å². The normalized spacial score (nSPS) is 15.4. The highest BCUT2D eigenvalue weighted by Crippen LogP contribution is 2.27. The van der Waals surface area contributed by atoms with Crippen molar-refractivity contribution < 1.29 is 23.8 Å². The van der Waals surface area contributed by atoms with Gasteiger partial charge < -0.3 is 14.2 Å². The Labute approximate surface area is 221 Å². The molecule has 1 aliphatic rings. The lowest BCUT2D eigenvalue weighted by atomic mass is 9.91. The molecule has 0 radical (unpaired) electrons. The molecular weight excluding hydrogens is 513 g/mol. The van der Waals surface area contributed by atoms with Gasteiger partial charge in [0.25, 0.3) is 0 Å². The molecule has 0 spiro atoms. The second kappa shape index (κ2) is 13.9. The number of ether oxygens (including phenoxy) is 3. The van der Waals surface area contributed by atoms with Crippen LogP contribution in [-0.4, -0.2) is 55.6 Å². The lowest BCUT2D eigenvalue weighted by Gasteiger charge is -2.36. The molecule has 1 saturated heterocycles. The number of Topliss-reactive ketones (excluding diaryl/α,β-unsaturated/α-hetero) is 1. The molecule has 1 aliphatic heterocycles. The van der Waals surface area contributed by atoms with E-state index in [0.29, 0.717) is 52.6 Å². The fourth-order valence-electron chi connectivity index (χ4n) is 4.09. The van der Waals surface area contributed by atoms with E-state index >= 15 is 0 Å². The maximum absolute atomic E-state index is 12.6. The summed E-state index contributed by atoms with van der Waals surface area (Å²) in [7, 11) is 0. The van der Waals surface area contributed by atoms with Gasteiger partial charge in [0.1, 0.15) is 24.1 Å². The van der Waals surface area contributed by atoms with Crippen LogP contribution in [0.3, 0.4) is 0 Å². The van der Waals surface area contributed by atoms with Gasteiger partial charge in [-0.15, -0.1) is 0 Å². The summed E-state index contributed by atoms with van der Waals surface area (Å²) in [5.74, 6) is 1.27. The lowest BCUT2D eigenvalue weighted by molar-refractivity contribution is -0.151. The zero-order chi connectivity index (χ0) is 25.2. The molecule has 35 heavy (non-hydrogen) atoms. The van der Waals surface area contributed by atoms with E-state index in [9.17, 15) is 9.59 Å². The highest BCUT2D eigenvalue weighted by Gasteiger charge is 2.31. The number of carbonyl (C=O) groups is 2. The van der Waals surface area contributed by atoms with Crippen LogP contribution in [0.4, 0.5) is 0 Å². The van der Waals surface area contributed by atoms with Gasteiger partial charge in [0, 0.05) is 23.9 Å². The van der Waals surface area contributed by atoms with Crippen LogP contribution in [0.25, 0.3) is 0 Å². The van der Waals surface area contributed by atoms with Crippen LogP contribution in [0.15, 0.2) is 42.5 Å². The third kappa shape index (κ3) is 8.87. The molecule has 2 aromatic carbocycles. The number of piperidine rings is 1. The minimum absolute atomic E-state index is 0.00827. The Morgan fingerprint density at radius 1 is 0.971 bits per heavy atom. The van der Waals surface area contributed by atoms with Crippen LogP contribution in [0.2, 0.25) is 15.1 Å². The Balaban J connectivity index is 1.44. The predicted octanol–water partition coefficient (Wildman–Crippen LogP) is 6.10. The van der Waals surface area contributed by atoms with Crippen LogP contribution >= 0.6 is 34.8 Å². The standard InChI is InChI=1S/C26H30Cl3NO5/c1-2-33-26(32)25(11-14-34-21-5-3-19(27)4-6-21)30-12-9-18(10-13-30)15-20(31)17-35-22-7-8-23(28)24(29)16-22/h3-8,16,18,25H,2,9-15,17H2,1H3. The summed E-state index contributed by atoms with van der Waals surface area (Å²) in [6, 6.07) is 11.7. The number of halogens is 3. The molecule has 0 bridgehead atoms. The molecule has 1 unspecified atom stereocenters. The number of nitrogens with zero attached hydrogens (tertiary/aromatic N) is 1. The fourth-order valence-corrected chi connectivity index (χ4v) is 4.50. The molecule has 1 fully saturated rings. The smallest absolute Gasteiger partial charge is 0.323 e. The lowest BCUT2D eigenvalue weighted by Crippen LogP contribution is -2.47. The van der Waals surface area contributed by atoms with E-state index in [1.807, 2.05) is 0 Å². The second-order valence-corrected chi connectivity index (χ2v) is 9.70. The van der Waals surface area contributed by atoms with Crippen molar-refractivity contribution in [3.8, 4) is 11.5 Å². The van der Waals surface area contributed by atoms with Gasteiger partial charge in [0.15, 0.2) is 5.78 Å². The average Bonchev–Trinajstić information content (AvgIpc) is 2.84. The van der Waals surface area contributed by atoms with Crippen LogP contribution in [0, 0.1) is 5.92 Å². The fraction of sp³-hybridized carbons (Fsp3) is 0.462. The van der Waals surface area contributed by atoms with Crippen molar-refractivity contribution in [1.29, 1.82) is 0 Å². The van der Waals surface area contributed by atoms with Crippen molar-refractivity contribution in [3.63, 3.8) is 0 Å². The van der Waals surface area contributed by atoms with E-state index in [0.717, 1.165) is 25.9 Å². The Morgan fingerprint density at radius 3 is 2.31 bits per heavy atom. The number of ketones is 1. The summed E-state index contributed by atoms with van der Waals surface area (Å²) in [6.07, 6.45) is 2.61. The number of benzene rings is 2. The first kappa shape index (κ1) is 27.6. The first-order chi connectivity index (χ1) is 16.9. The molecular formula is C26H30Cl3NO5. The monoisotopic (exact) mass is 541 g/mol. The topological polar surface area (TPSA) is 65.1 Å². The van der Waals surface area contributed by atoms with Crippen molar-refractivity contribution >= 4 is 46.6 Å². The molecule has 190 valence electrons. The molecule has 1 atom stereocenters. The first-order valence-electron chi connectivity index (χ1n) is 11.7. The maximum Gasteiger partial charge on any atom is 0.323 e. The van der Waals surface area contributed by atoms with E-state index in [-0.39, 0.29) is 30.3 Å². The molecule has 0 aliphatic carbocycles. The Bertz CT molecular complexity index is 977. The summed E-state index contributed by atoms with van der Waals surface area (Å²) in [5.41, 5.74) is 0. The Morgan fingerprint density at radius 2 is 1.66 bits per heavy atom. The van der Waals surface area contributed by atoms with E-state index in [4.69, 9.17) is 49.0 Å². The summed E-state index contributed by atoms with van der Waals surface area (Å²) in [5, 5.41) is 1.47. The third-order valence-corrected chi connectivity index (χ3v) is 6.92. The molecule has 0 aromatic heterocycles. The number of likely N-dealkylation sites (tertiary alicyclic amines) is 1. The van der Waals surface area contributed by atoms with Gasteiger partial charge in [0.2, 0.25) is 0 Å². The predicted molar refractivity (Wildman–Crippen MR) is 138 cm³/mol. The van der Waals surface area contributed by atoms with Gasteiger partial charge in [-0.2, -0.15) is 0 Å². The van der Waals surface area contributed by atoms with Gasteiger partial charge in [0.05, 0.1) is 23.3 Å². The molecule has 6 nitrogen and oxygen atoms in total. The number of rotatable bonds is 12. The van der Waals surface area contributed by atoms with Gasteiger partial charge in [-0.1, -0.05) is 34.8 Å². The molecule has 1 heterocycles. The van der Waals surface area contributed by atoms with Gasteiger partial charge in [-0.3, -0.25) is 14.5 Å². The maximum atomic E-state index is 12.6. The molecule has 3 rings (SSSR count). The Hall–Kier alpha value is -1.99. The summed E-state index contributed by atoms with van der Waals surface area (Å²) in [6.45, 7) is 3.95. The first-order valence-corrected chi connectivity index (χ1v) is 12.9. The second-order valence-electron chi connectivity index (χ2n) is 8.45. The highest BCUT2D eigenvalue weighted by molar-refractivity contribution is 6.42. The van der Waals surface area contributed by atoms with Crippen molar-refractivity contribution in [2.75, 3.05) is 32.9 Å². The van der Waals surface area contributed by atoms with Crippen molar-refractivity contribution in [3.05, 3.63) is 57.5 Å². The van der Waals surface area contributed by atoms with Crippen molar-refractivity contribution in [1.82, 2.24) is 4.90 Å².